The summed E-state index contributed by atoms with van der Waals surface area (Å²) in [6.45, 7) is 0.497. The summed E-state index contributed by atoms with van der Waals surface area (Å²) in [7, 11) is 3.58. The summed E-state index contributed by atoms with van der Waals surface area (Å²) in [6.07, 6.45) is 7.19. The number of pyridine rings is 2. The summed E-state index contributed by atoms with van der Waals surface area (Å²) in [6, 6.07) is 4.20. The highest BCUT2D eigenvalue weighted by Crippen LogP contribution is 2.46. The fourth-order valence-electron chi connectivity index (χ4n) is 3.91. The van der Waals surface area contributed by atoms with Crippen LogP contribution in [0.5, 0.6) is 0 Å². The molecular weight excluding hydrogens is 418 g/mol. The van der Waals surface area contributed by atoms with Gasteiger partial charge in [-0.1, -0.05) is 17.8 Å². The van der Waals surface area contributed by atoms with Crippen LogP contribution < -0.4 is 5.73 Å². The lowest BCUT2D eigenvalue weighted by molar-refractivity contribution is 0.217. The number of nitrogens with zero attached hydrogens (tertiary/aromatic N) is 4. The van der Waals surface area contributed by atoms with Crippen molar-refractivity contribution in [3.63, 3.8) is 0 Å². The van der Waals surface area contributed by atoms with Gasteiger partial charge in [0, 0.05) is 31.3 Å². The molecule has 1 aliphatic carbocycles. The molecular formula is C21H24N5O2S2+. The molecule has 30 heavy (non-hydrogen) atoms. The molecule has 7 nitrogen and oxygen atoms in total. The highest BCUT2D eigenvalue weighted by atomic mass is 32.2. The Kier molecular flexibility index (Phi) is 5.14. The van der Waals surface area contributed by atoms with E-state index < -0.39 is 11.2 Å². The van der Waals surface area contributed by atoms with Crippen LogP contribution in [0, 0.1) is 0 Å². The Balaban J connectivity index is 1.65. The standard InChI is InChI=1S/C21H24N5O2S2/c1-26-11-24-16-8-13(10-23-19(16)26)15-9-14(12-4-3-5-12)17-18(22)21(29-20(17)25-15)30(27)7-6-28-2/h8-12,27H,3-7,22H2,1-2H3/q+1. The number of nitrogens with two attached hydrogens (primary N) is 1. The van der Waals surface area contributed by atoms with Gasteiger partial charge in [-0.2, -0.15) is 4.55 Å². The van der Waals surface area contributed by atoms with Gasteiger partial charge in [-0.3, -0.25) is 0 Å². The Hall–Kier alpha value is -2.20. The fourth-order valence-corrected chi connectivity index (χ4v) is 6.50. The van der Waals surface area contributed by atoms with E-state index in [-0.39, 0.29) is 0 Å². The van der Waals surface area contributed by atoms with Crippen LogP contribution in [0.3, 0.4) is 0 Å². The second-order valence-corrected chi connectivity index (χ2v) is 10.5. The van der Waals surface area contributed by atoms with Crippen LogP contribution >= 0.6 is 11.3 Å². The molecule has 0 aromatic carbocycles. The quantitative estimate of drug-likeness (QED) is 0.434. The third-order valence-electron chi connectivity index (χ3n) is 5.78. The second-order valence-electron chi connectivity index (χ2n) is 7.69. The number of nitrogen functional groups attached to an aromatic ring is 1. The van der Waals surface area contributed by atoms with Gasteiger partial charge < -0.3 is 15.0 Å². The third-order valence-corrected chi connectivity index (χ3v) is 8.70. The maximum Gasteiger partial charge on any atom is 0.269 e. The van der Waals surface area contributed by atoms with E-state index in [0.717, 1.165) is 49.7 Å². The van der Waals surface area contributed by atoms with Gasteiger partial charge in [-0.05, 0) is 36.5 Å². The lowest BCUT2D eigenvalue weighted by Crippen LogP contribution is -2.12. The van der Waals surface area contributed by atoms with E-state index in [9.17, 15) is 4.55 Å². The minimum Gasteiger partial charge on any atom is -0.393 e. The smallest absolute Gasteiger partial charge is 0.269 e. The molecule has 1 atom stereocenters. The molecule has 4 heterocycles. The average molecular weight is 443 g/mol. The number of imidazole rings is 1. The van der Waals surface area contributed by atoms with Crippen molar-refractivity contribution in [3.8, 4) is 11.3 Å². The van der Waals surface area contributed by atoms with E-state index in [0.29, 0.717) is 24.0 Å². The van der Waals surface area contributed by atoms with Crippen molar-refractivity contribution < 1.29 is 9.29 Å². The van der Waals surface area contributed by atoms with E-state index in [2.05, 4.69) is 16.0 Å². The molecule has 0 radical (unpaired) electrons. The first-order valence-corrected chi connectivity index (χ1v) is 12.1. The van der Waals surface area contributed by atoms with Crippen LogP contribution in [0.25, 0.3) is 32.6 Å². The summed E-state index contributed by atoms with van der Waals surface area (Å²) in [4.78, 5) is 14.8. The zero-order valence-electron chi connectivity index (χ0n) is 17.0. The van der Waals surface area contributed by atoms with Gasteiger partial charge in [0.15, 0.2) is 22.6 Å². The topological polar surface area (TPSA) is 99.1 Å². The summed E-state index contributed by atoms with van der Waals surface area (Å²) in [5.74, 6) is 1.03. The molecule has 0 saturated heterocycles. The lowest BCUT2D eigenvalue weighted by atomic mass is 9.79. The number of anilines is 1. The first kappa shape index (κ1) is 19.7. The molecule has 0 amide bonds. The number of fused-ring (bicyclic) bond motifs is 2. The van der Waals surface area contributed by atoms with E-state index in [1.165, 1.54) is 23.3 Å². The maximum atomic E-state index is 10.7. The number of aryl methyl sites for hydroxylation is 1. The van der Waals surface area contributed by atoms with Crippen LogP contribution in [0.2, 0.25) is 0 Å². The molecule has 0 aliphatic heterocycles. The molecule has 3 N–H and O–H groups in total. The van der Waals surface area contributed by atoms with Gasteiger partial charge in [-0.15, -0.1) is 0 Å². The predicted molar refractivity (Wildman–Crippen MR) is 123 cm³/mol. The van der Waals surface area contributed by atoms with Crippen molar-refractivity contribution in [1.29, 1.82) is 0 Å². The molecule has 1 fully saturated rings. The van der Waals surface area contributed by atoms with Gasteiger partial charge in [0.05, 0.1) is 18.6 Å². The molecule has 156 valence electrons. The van der Waals surface area contributed by atoms with E-state index >= 15 is 0 Å². The Morgan fingerprint density at radius 3 is 2.90 bits per heavy atom. The van der Waals surface area contributed by atoms with Crippen LogP contribution in [0.4, 0.5) is 5.69 Å². The van der Waals surface area contributed by atoms with Gasteiger partial charge in [-0.25, -0.2) is 15.0 Å². The zero-order valence-corrected chi connectivity index (χ0v) is 18.6. The fraction of sp³-hybridized carbons (Fsp3) is 0.381. The van der Waals surface area contributed by atoms with Gasteiger partial charge in [0.25, 0.3) is 4.21 Å². The monoisotopic (exact) mass is 442 g/mol. The minimum absolute atomic E-state index is 0.491. The number of thiophene rings is 1. The van der Waals surface area contributed by atoms with E-state index in [1.807, 2.05) is 23.9 Å². The summed E-state index contributed by atoms with van der Waals surface area (Å²) >= 11 is 0.549. The lowest BCUT2D eigenvalue weighted by Gasteiger charge is -2.27. The first-order valence-electron chi connectivity index (χ1n) is 9.96. The van der Waals surface area contributed by atoms with Crippen molar-refractivity contribution in [2.24, 2.45) is 7.05 Å². The van der Waals surface area contributed by atoms with Crippen molar-refractivity contribution >= 4 is 49.6 Å². The summed E-state index contributed by atoms with van der Waals surface area (Å²) in [5.41, 5.74) is 12.0. The first-order chi connectivity index (χ1) is 14.6. The second kappa shape index (κ2) is 7.81. The normalized spacial score (nSPS) is 15.7. The highest BCUT2D eigenvalue weighted by Gasteiger charge is 2.32. The van der Waals surface area contributed by atoms with Gasteiger partial charge >= 0.3 is 0 Å². The van der Waals surface area contributed by atoms with Crippen LogP contribution in [-0.2, 0) is 23.0 Å². The Morgan fingerprint density at radius 1 is 1.33 bits per heavy atom. The number of aromatic nitrogens is 4. The number of methoxy groups -OCH3 is 1. The van der Waals surface area contributed by atoms with Crippen LogP contribution in [0.1, 0.15) is 30.7 Å². The predicted octanol–water partition coefficient (Wildman–Crippen LogP) is 4.19. The molecule has 1 aliphatic rings. The molecule has 9 heteroatoms. The minimum atomic E-state index is -0.946. The molecule has 1 unspecified atom stereocenters. The molecule has 1 saturated carbocycles. The summed E-state index contributed by atoms with van der Waals surface area (Å²) in [5, 5.41) is 1.01. The number of hydrogen-bond donors (Lipinski definition) is 2. The average Bonchev–Trinajstić information content (AvgIpc) is 3.24. The van der Waals surface area contributed by atoms with E-state index in [1.54, 1.807) is 13.4 Å². The largest absolute Gasteiger partial charge is 0.393 e. The molecule has 0 bridgehead atoms. The maximum absolute atomic E-state index is 10.7. The number of ether oxygens (including phenoxy) is 1. The highest BCUT2D eigenvalue weighted by molar-refractivity contribution is 7.93. The van der Waals surface area contributed by atoms with Crippen molar-refractivity contribution in [1.82, 2.24) is 19.5 Å². The number of rotatable bonds is 6. The Morgan fingerprint density at radius 2 is 2.17 bits per heavy atom. The van der Waals surface area contributed by atoms with Gasteiger partial charge in [0.2, 0.25) is 0 Å². The third kappa shape index (κ3) is 3.26. The van der Waals surface area contributed by atoms with E-state index in [4.69, 9.17) is 15.5 Å². The van der Waals surface area contributed by atoms with Crippen molar-refractivity contribution in [2.45, 2.75) is 29.4 Å². The molecule has 5 rings (SSSR count). The SMILES string of the molecule is COCC[S+](O)c1sc2nc(-c3cnc4c(c3)ncn4C)cc(C3CCC3)c2c1N. The Labute approximate surface area is 181 Å². The van der Waals surface area contributed by atoms with Crippen LogP contribution in [0.15, 0.2) is 28.9 Å². The van der Waals surface area contributed by atoms with Crippen LogP contribution in [-0.4, -0.2) is 43.5 Å². The summed E-state index contributed by atoms with van der Waals surface area (Å²) < 4.78 is 18.5. The number of hydrogen-bond acceptors (Lipinski definition) is 7. The molecule has 4 aromatic heterocycles. The molecule has 0 spiro atoms. The van der Waals surface area contributed by atoms with Crippen molar-refractivity contribution in [2.75, 3.05) is 25.2 Å². The Bertz CT molecular complexity index is 1230. The zero-order chi connectivity index (χ0) is 20.8. The van der Waals surface area contributed by atoms with Gasteiger partial charge in [0.1, 0.15) is 16.0 Å². The van der Waals surface area contributed by atoms with Crippen molar-refractivity contribution in [3.05, 3.63) is 30.2 Å². The molecule has 4 aromatic rings.